The average Bonchev–Trinajstić information content (AvgIpc) is 2.36. The molecule has 6 heteroatoms. The van der Waals surface area contributed by atoms with Gasteiger partial charge in [-0.1, -0.05) is 27.5 Å². The highest BCUT2D eigenvalue weighted by molar-refractivity contribution is 9.11. The molecule has 0 saturated carbocycles. The number of ether oxygens (including phenoxy) is 1. The van der Waals surface area contributed by atoms with Gasteiger partial charge < -0.3 is 9.53 Å². The Balaban J connectivity index is 2.31. The molecule has 0 amide bonds. The molecule has 2 aromatic rings. The van der Waals surface area contributed by atoms with Crippen molar-refractivity contribution >= 4 is 60.1 Å². The lowest BCUT2D eigenvalue weighted by Gasteiger charge is -2.12. The summed E-state index contributed by atoms with van der Waals surface area (Å²) >= 11 is 12.9. The number of fused-ring (bicyclic) bond motifs is 1. The van der Waals surface area contributed by atoms with Gasteiger partial charge in [-0.25, -0.2) is 4.98 Å². The van der Waals surface area contributed by atoms with Crippen LogP contribution in [0.25, 0.3) is 10.9 Å². The van der Waals surface area contributed by atoms with Gasteiger partial charge in [0.1, 0.15) is 16.5 Å². The standard InChI is InChI=1S/C14H12Br2ClNO2/c1-8(19)3-2-6-20-14-11(16)7-10(15)9-4-5-12(17)18-13(9)14/h4-5,7H,2-3,6H2,1H3. The molecule has 1 heterocycles. The second kappa shape index (κ2) is 6.87. The predicted molar refractivity (Wildman–Crippen MR) is 87.6 cm³/mol. The number of ketones is 1. The molecule has 0 spiro atoms. The quantitative estimate of drug-likeness (QED) is 0.494. The van der Waals surface area contributed by atoms with Gasteiger partial charge in [-0.05, 0) is 47.5 Å². The van der Waals surface area contributed by atoms with E-state index in [4.69, 9.17) is 16.3 Å². The van der Waals surface area contributed by atoms with Crippen LogP contribution in [0.1, 0.15) is 19.8 Å². The third kappa shape index (κ3) is 3.71. The van der Waals surface area contributed by atoms with Crippen molar-refractivity contribution in [2.75, 3.05) is 6.61 Å². The van der Waals surface area contributed by atoms with E-state index in [-0.39, 0.29) is 5.78 Å². The molecule has 3 nitrogen and oxygen atoms in total. The Morgan fingerprint density at radius 2 is 2.10 bits per heavy atom. The number of halogens is 3. The van der Waals surface area contributed by atoms with Crippen LogP contribution in [0.15, 0.2) is 27.1 Å². The van der Waals surface area contributed by atoms with E-state index >= 15 is 0 Å². The Morgan fingerprint density at radius 1 is 1.35 bits per heavy atom. The first-order valence-corrected chi connectivity index (χ1v) is 8.02. The molecule has 0 atom stereocenters. The molecule has 106 valence electrons. The largest absolute Gasteiger partial charge is 0.490 e. The summed E-state index contributed by atoms with van der Waals surface area (Å²) in [5.74, 6) is 0.809. The zero-order chi connectivity index (χ0) is 14.7. The average molecular weight is 422 g/mol. The van der Waals surface area contributed by atoms with Crippen molar-refractivity contribution in [1.29, 1.82) is 0 Å². The van der Waals surface area contributed by atoms with Crippen molar-refractivity contribution in [3.63, 3.8) is 0 Å². The van der Waals surface area contributed by atoms with Crippen LogP contribution in [0.4, 0.5) is 0 Å². The SMILES string of the molecule is CC(=O)CCCOc1c(Br)cc(Br)c2ccc(Cl)nc12. The second-order valence-corrected chi connectivity index (χ2v) is 6.45. The van der Waals surface area contributed by atoms with E-state index < -0.39 is 0 Å². The van der Waals surface area contributed by atoms with Crippen LogP contribution in [0, 0.1) is 0 Å². The first-order chi connectivity index (χ1) is 9.49. The molecule has 1 aromatic carbocycles. The van der Waals surface area contributed by atoms with Crippen molar-refractivity contribution in [2.45, 2.75) is 19.8 Å². The molecule has 2 rings (SSSR count). The Hall–Kier alpha value is -0.650. The fraction of sp³-hybridized carbons (Fsp3) is 0.286. The molecular formula is C14H12Br2ClNO2. The molecule has 0 aliphatic heterocycles. The van der Waals surface area contributed by atoms with E-state index in [2.05, 4.69) is 36.8 Å². The number of aromatic nitrogens is 1. The van der Waals surface area contributed by atoms with Crippen LogP contribution < -0.4 is 4.74 Å². The molecule has 1 aromatic heterocycles. The molecule has 0 aliphatic rings. The number of nitrogens with zero attached hydrogens (tertiary/aromatic N) is 1. The molecular weight excluding hydrogens is 409 g/mol. The summed E-state index contributed by atoms with van der Waals surface area (Å²) < 4.78 is 7.49. The second-order valence-electron chi connectivity index (χ2n) is 4.35. The molecule has 0 bridgehead atoms. The number of benzene rings is 1. The molecule has 0 aliphatic carbocycles. The van der Waals surface area contributed by atoms with Gasteiger partial charge in [0.15, 0.2) is 5.75 Å². The van der Waals surface area contributed by atoms with Gasteiger partial charge in [0.05, 0.1) is 11.1 Å². The minimum absolute atomic E-state index is 0.162. The summed E-state index contributed by atoms with van der Waals surface area (Å²) in [5.41, 5.74) is 0.696. The minimum Gasteiger partial charge on any atom is -0.490 e. The van der Waals surface area contributed by atoms with Gasteiger partial charge in [0.2, 0.25) is 0 Å². The highest BCUT2D eigenvalue weighted by atomic mass is 79.9. The molecule has 0 unspecified atom stereocenters. The van der Waals surface area contributed by atoms with E-state index in [0.29, 0.717) is 35.9 Å². The topological polar surface area (TPSA) is 39.2 Å². The van der Waals surface area contributed by atoms with Gasteiger partial charge in [0.25, 0.3) is 0 Å². The third-order valence-corrected chi connectivity index (χ3v) is 4.18. The van der Waals surface area contributed by atoms with E-state index in [1.807, 2.05) is 12.1 Å². The lowest BCUT2D eigenvalue weighted by molar-refractivity contribution is -0.117. The van der Waals surface area contributed by atoms with Crippen LogP contribution in [0.3, 0.4) is 0 Å². The zero-order valence-electron chi connectivity index (χ0n) is 10.8. The van der Waals surface area contributed by atoms with Gasteiger partial charge in [-0.3, -0.25) is 0 Å². The maximum absolute atomic E-state index is 10.9. The van der Waals surface area contributed by atoms with Crippen molar-refractivity contribution < 1.29 is 9.53 Å². The molecule has 0 fully saturated rings. The summed E-state index contributed by atoms with van der Waals surface area (Å²) in [6.07, 6.45) is 1.19. The van der Waals surface area contributed by atoms with Gasteiger partial charge in [-0.2, -0.15) is 0 Å². The zero-order valence-corrected chi connectivity index (χ0v) is 14.7. The lowest BCUT2D eigenvalue weighted by atomic mass is 10.2. The van der Waals surface area contributed by atoms with Crippen LogP contribution >= 0.6 is 43.5 Å². The Bertz CT molecular complexity index is 661. The minimum atomic E-state index is 0.162. The first-order valence-electron chi connectivity index (χ1n) is 6.05. The van der Waals surface area contributed by atoms with Gasteiger partial charge >= 0.3 is 0 Å². The number of Topliss-reactive ketones (excluding diaryl/α,β-unsaturated/α-hetero) is 1. The van der Waals surface area contributed by atoms with Crippen LogP contribution in [0.2, 0.25) is 5.15 Å². The van der Waals surface area contributed by atoms with Gasteiger partial charge in [-0.15, -0.1) is 0 Å². The van der Waals surface area contributed by atoms with E-state index in [1.54, 1.807) is 13.0 Å². The van der Waals surface area contributed by atoms with Crippen molar-refractivity contribution in [3.8, 4) is 5.75 Å². The van der Waals surface area contributed by atoms with E-state index in [1.165, 1.54) is 0 Å². The summed E-state index contributed by atoms with van der Waals surface area (Å²) in [7, 11) is 0. The molecule has 0 radical (unpaired) electrons. The highest BCUT2D eigenvalue weighted by Crippen LogP contribution is 2.38. The van der Waals surface area contributed by atoms with Crippen LogP contribution in [-0.2, 0) is 4.79 Å². The summed E-state index contributed by atoms with van der Waals surface area (Å²) in [5, 5.41) is 1.34. The number of carbonyl (C=O) groups is 1. The first kappa shape index (κ1) is 15.7. The fourth-order valence-corrected chi connectivity index (χ4v) is 3.34. The normalized spacial score (nSPS) is 10.8. The van der Waals surface area contributed by atoms with Crippen molar-refractivity contribution in [1.82, 2.24) is 4.98 Å². The molecule has 0 N–H and O–H groups in total. The smallest absolute Gasteiger partial charge is 0.159 e. The summed E-state index contributed by atoms with van der Waals surface area (Å²) in [4.78, 5) is 15.2. The summed E-state index contributed by atoms with van der Waals surface area (Å²) in [6, 6.07) is 5.55. The molecule has 20 heavy (non-hydrogen) atoms. The number of hydrogen-bond donors (Lipinski definition) is 0. The van der Waals surface area contributed by atoms with Crippen molar-refractivity contribution in [2.24, 2.45) is 0 Å². The maximum atomic E-state index is 10.9. The van der Waals surface area contributed by atoms with E-state index in [0.717, 1.165) is 14.3 Å². The Morgan fingerprint density at radius 3 is 2.80 bits per heavy atom. The Kier molecular flexibility index (Phi) is 5.41. The van der Waals surface area contributed by atoms with Crippen LogP contribution in [-0.4, -0.2) is 17.4 Å². The Labute approximate surface area is 138 Å². The third-order valence-electron chi connectivity index (χ3n) is 2.72. The summed E-state index contributed by atoms with van der Waals surface area (Å²) in [6.45, 7) is 2.04. The monoisotopic (exact) mass is 419 g/mol. The maximum Gasteiger partial charge on any atom is 0.159 e. The van der Waals surface area contributed by atoms with Crippen molar-refractivity contribution in [3.05, 3.63) is 32.3 Å². The lowest BCUT2D eigenvalue weighted by Crippen LogP contribution is -2.02. The number of pyridine rings is 1. The van der Waals surface area contributed by atoms with E-state index in [9.17, 15) is 4.79 Å². The molecule has 0 saturated heterocycles. The van der Waals surface area contributed by atoms with Gasteiger partial charge in [0, 0.05) is 16.3 Å². The fourth-order valence-electron chi connectivity index (χ4n) is 1.80. The van der Waals surface area contributed by atoms with Crippen LogP contribution in [0.5, 0.6) is 5.75 Å². The predicted octanol–water partition coefficient (Wildman–Crippen LogP) is 5.16. The number of carbonyl (C=O) groups excluding carboxylic acids is 1. The number of rotatable bonds is 5. The highest BCUT2D eigenvalue weighted by Gasteiger charge is 2.13. The number of hydrogen-bond acceptors (Lipinski definition) is 3.